The number of anilines is 1. The molecule has 2 aromatic rings. The highest BCUT2D eigenvalue weighted by atomic mass is 32.1. The number of hydrogen-bond acceptors (Lipinski definition) is 5. The molecule has 1 aliphatic heterocycles. The summed E-state index contributed by atoms with van der Waals surface area (Å²) in [6.07, 6.45) is 4.12. The predicted molar refractivity (Wildman–Crippen MR) is 69.9 cm³/mol. The molecular formula is C11H15N5OS. The summed E-state index contributed by atoms with van der Waals surface area (Å²) in [6.45, 7) is 4.03. The van der Waals surface area contributed by atoms with Crippen LogP contribution in [-0.2, 0) is 4.79 Å². The fourth-order valence-corrected chi connectivity index (χ4v) is 2.93. The zero-order chi connectivity index (χ0) is 12.5. The number of likely N-dealkylation sites (tertiary alicyclic amines) is 1. The van der Waals surface area contributed by atoms with Crippen molar-refractivity contribution in [3.63, 3.8) is 0 Å². The second-order valence-corrected chi connectivity index (χ2v) is 5.41. The number of hydrogen-bond donors (Lipinski definition) is 1. The Hall–Kier alpha value is -1.63. The van der Waals surface area contributed by atoms with Crippen molar-refractivity contribution < 1.29 is 4.79 Å². The molecule has 3 heterocycles. The molecule has 6 nitrogen and oxygen atoms in total. The third-order valence-electron chi connectivity index (χ3n) is 3.01. The maximum atomic E-state index is 11.8. The van der Waals surface area contributed by atoms with Gasteiger partial charge in [0.1, 0.15) is 0 Å². The van der Waals surface area contributed by atoms with E-state index in [2.05, 4.69) is 15.4 Å². The molecule has 2 aromatic heterocycles. The van der Waals surface area contributed by atoms with Gasteiger partial charge in [-0.3, -0.25) is 4.79 Å². The number of nitrogens with one attached hydrogen (secondary N) is 1. The molecule has 1 aliphatic rings. The summed E-state index contributed by atoms with van der Waals surface area (Å²) in [6, 6.07) is 0. The number of carbonyl (C=O) groups excluding carboxylic acids is 1. The van der Waals surface area contributed by atoms with Crippen LogP contribution in [0.1, 0.15) is 18.5 Å². The summed E-state index contributed by atoms with van der Waals surface area (Å²) in [5, 5.41) is 8.14. The minimum absolute atomic E-state index is 0.150. The van der Waals surface area contributed by atoms with Gasteiger partial charge >= 0.3 is 0 Å². The Bertz CT molecular complexity index is 538. The van der Waals surface area contributed by atoms with Crippen molar-refractivity contribution in [2.45, 2.75) is 19.8 Å². The van der Waals surface area contributed by atoms with E-state index < -0.39 is 0 Å². The Morgan fingerprint density at radius 1 is 1.50 bits per heavy atom. The molecule has 18 heavy (non-hydrogen) atoms. The van der Waals surface area contributed by atoms with Gasteiger partial charge in [0, 0.05) is 13.1 Å². The van der Waals surface area contributed by atoms with Crippen molar-refractivity contribution in [1.29, 1.82) is 0 Å². The van der Waals surface area contributed by atoms with Crippen LogP contribution in [0.2, 0.25) is 0 Å². The molecular weight excluding hydrogens is 250 g/mol. The number of amides is 1. The van der Waals surface area contributed by atoms with Crippen molar-refractivity contribution >= 4 is 27.3 Å². The van der Waals surface area contributed by atoms with Crippen LogP contribution in [0.3, 0.4) is 0 Å². The van der Waals surface area contributed by atoms with E-state index in [-0.39, 0.29) is 5.91 Å². The first-order valence-electron chi connectivity index (χ1n) is 6.07. The quantitative estimate of drug-likeness (QED) is 0.903. The van der Waals surface area contributed by atoms with Crippen LogP contribution in [-0.4, -0.2) is 45.0 Å². The zero-order valence-corrected chi connectivity index (χ0v) is 11.0. The zero-order valence-electron chi connectivity index (χ0n) is 10.2. The highest BCUT2D eigenvalue weighted by molar-refractivity contribution is 7.20. The first kappa shape index (κ1) is 11.5. The van der Waals surface area contributed by atoms with Gasteiger partial charge in [-0.05, 0) is 19.8 Å². The molecule has 0 saturated carbocycles. The predicted octanol–water partition coefficient (Wildman–Crippen LogP) is 1.13. The van der Waals surface area contributed by atoms with Crippen molar-refractivity contribution in [3.05, 3.63) is 11.9 Å². The van der Waals surface area contributed by atoms with Gasteiger partial charge in [0.2, 0.25) is 16.0 Å². The number of nitrogens with zero attached hydrogens (tertiary/aromatic N) is 4. The largest absolute Gasteiger partial charge is 0.351 e. The molecule has 0 aliphatic carbocycles. The van der Waals surface area contributed by atoms with Gasteiger partial charge in [-0.15, -0.1) is 5.10 Å². The molecule has 0 radical (unpaired) electrons. The van der Waals surface area contributed by atoms with Crippen molar-refractivity contribution in [2.24, 2.45) is 0 Å². The second-order valence-electron chi connectivity index (χ2n) is 4.46. The fraction of sp³-hybridized carbons (Fsp3) is 0.545. The van der Waals surface area contributed by atoms with E-state index >= 15 is 0 Å². The third-order valence-corrected chi connectivity index (χ3v) is 3.89. The van der Waals surface area contributed by atoms with Crippen LogP contribution < -0.4 is 5.32 Å². The number of fused-ring (bicyclic) bond motifs is 1. The van der Waals surface area contributed by atoms with E-state index in [0.717, 1.165) is 41.7 Å². The average molecular weight is 265 g/mol. The van der Waals surface area contributed by atoms with Gasteiger partial charge in [-0.2, -0.15) is 0 Å². The smallest absolute Gasteiger partial charge is 0.241 e. The summed E-state index contributed by atoms with van der Waals surface area (Å²) in [4.78, 5) is 18.9. The summed E-state index contributed by atoms with van der Waals surface area (Å²) >= 11 is 1.46. The number of aromatic nitrogens is 3. The second kappa shape index (κ2) is 4.56. The van der Waals surface area contributed by atoms with Crippen LogP contribution in [0, 0.1) is 6.92 Å². The lowest BCUT2D eigenvalue weighted by molar-refractivity contribution is -0.128. The van der Waals surface area contributed by atoms with Crippen molar-refractivity contribution in [3.8, 4) is 0 Å². The van der Waals surface area contributed by atoms with Crippen LogP contribution >= 0.6 is 11.3 Å². The first-order valence-corrected chi connectivity index (χ1v) is 6.88. The molecule has 7 heteroatoms. The highest BCUT2D eigenvalue weighted by Crippen LogP contribution is 2.18. The Labute approximate surface area is 109 Å². The van der Waals surface area contributed by atoms with E-state index in [4.69, 9.17) is 0 Å². The molecule has 0 unspecified atom stereocenters. The van der Waals surface area contributed by atoms with E-state index in [9.17, 15) is 4.79 Å². The van der Waals surface area contributed by atoms with Crippen LogP contribution in [0.5, 0.6) is 0 Å². The molecule has 1 saturated heterocycles. The van der Waals surface area contributed by atoms with Crippen LogP contribution in [0.4, 0.5) is 5.13 Å². The minimum atomic E-state index is 0.150. The summed E-state index contributed by atoms with van der Waals surface area (Å²) in [5.41, 5.74) is 0.952. The molecule has 1 N–H and O–H groups in total. The molecule has 0 atom stereocenters. The van der Waals surface area contributed by atoms with Gasteiger partial charge in [0.25, 0.3) is 0 Å². The minimum Gasteiger partial charge on any atom is -0.351 e. The SMILES string of the molecule is Cc1cn2nc(NCC(=O)N3CCCC3)sc2n1. The lowest BCUT2D eigenvalue weighted by atomic mass is 10.4. The van der Waals surface area contributed by atoms with Gasteiger partial charge in [0.05, 0.1) is 18.4 Å². The van der Waals surface area contributed by atoms with E-state index in [1.807, 2.05) is 18.0 Å². The van der Waals surface area contributed by atoms with Crippen molar-refractivity contribution in [2.75, 3.05) is 25.0 Å². The van der Waals surface area contributed by atoms with Gasteiger partial charge in [-0.25, -0.2) is 9.50 Å². The topological polar surface area (TPSA) is 62.5 Å². The monoisotopic (exact) mass is 265 g/mol. The Balaban J connectivity index is 1.61. The molecule has 0 spiro atoms. The first-order chi connectivity index (χ1) is 8.72. The van der Waals surface area contributed by atoms with Gasteiger partial charge in [0.15, 0.2) is 0 Å². The maximum Gasteiger partial charge on any atom is 0.241 e. The summed E-state index contributed by atoms with van der Waals surface area (Å²) in [7, 11) is 0. The maximum absolute atomic E-state index is 11.8. The Morgan fingerprint density at radius 2 is 2.28 bits per heavy atom. The van der Waals surface area contributed by atoms with Gasteiger partial charge < -0.3 is 10.2 Å². The summed E-state index contributed by atoms with van der Waals surface area (Å²) in [5.74, 6) is 0.150. The van der Waals surface area contributed by atoms with Gasteiger partial charge in [-0.1, -0.05) is 11.3 Å². The molecule has 0 bridgehead atoms. The van der Waals surface area contributed by atoms with Crippen LogP contribution in [0.25, 0.3) is 4.96 Å². The molecule has 0 aromatic carbocycles. The Morgan fingerprint density at radius 3 is 3.00 bits per heavy atom. The number of imidazole rings is 1. The number of carbonyl (C=O) groups is 1. The summed E-state index contributed by atoms with van der Waals surface area (Å²) < 4.78 is 1.74. The van der Waals surface area contributed by atoms with E-state index in [0.29, 0.717) is 6.54 Å². The number of aryl methyl sites for hydroxylation is 1. The van der Waals surface area contributed by atoms with E-state index in [1.165, 1.54) is 11.3 Å². The lowest BCUT2D eigenvalue weighted by Gasteiger charge is -2.14. The third kappa shape index (κ3) is 2.17. The fourth-order valence-electron chi connectivity index (χ4n) is 2.11. The molecule has 1 fully saturated rings. The normalized spacial score (nSPS) is 15.5. The molecule has 3 rings (SSSR count). The number of rotatable bonds is 3. The van der Waals surface area contributed by atoms with Crippen molar-refractivity contribution in [1.82, 2.24) is 19.5 Å². The highest BCUT2D eigenvalue weighted by Gasteiger charge is 2.17. The van der Waals surface area contributed by atoms with E-state index in [1.54, 1.807) is 4.52 Å². The standard InChI is InChI=1S/C11H15N5OS/c1-8-7-16-11(13-8)18-10(14-16)12-6-9(17)15-4-2-3-5-15/h7H,2-6H2,1H3,(H,12,14). The average Bonchev–Trinajstić information content (AvgIpc) is 3.00. The molecule has 1 amide bonds. The Kier molecular flexibility index (Phi) is 2.91. The molecule has 96 valence electrons. The van der Waals surface area contributed by atoms with Crippen LogP contribution in [0.15, 0.2) is 6.20 Å². The lowest BCUT2D eigenvalue weighted by Crippen LogP contribution is -2.32.